The molecule has 82 valence electrons. The van der Waals surface area contributed by atoms with Crippen molar-refractivity contribution in [1.29, 1.82) is 0 Å². The zero-order valence-corrected chi connectivity index (χ0v) is 8.91. The molecular formula is C9H18N2O3. The Morgan fingerprint density at radius 1 is 1.43 bits per heavy atom. The van der Waals surface area contributed by atoms with Gasteiger partial charge in [0, 0.05) is 12.5 Å². The molecule has 0 fully saturated rings. The van der Waals surface area contributed by atoms with Gasteiger partial charge in [-0.15, -0.1) is 0 Å². The molecule has 0 bridgehead atoms. The van der Waals surface area contributed by atoms with Crippen LogP contribution < -0.4 is 5.32 Å². The SMILES string of the molecule is CCC(=O)CN(O)C(=O)CNC(C)C. The van der Waals surface area contributed by atoms with E-state index in [1.165, 1.54) is 0 Å². The maximum absolute atomic E-state index is 11.2. The van der Waals surface area contributed by atoms with Gasteiger partial charge in [0.25, 0.3) is 5.91 Å². The predicted octanol–water partition coefficient (Wildman–Crippen LogP) is 0.181. The van der Waals surface area contributed by atoms with Gasteiger partial charge in [0.2, 0.25) is 0 Å². The molecule has 0 aromatic heterocycles. The monoisotopic (exact) mass is 202 g/mol. The van der Waals surface area contributed by atoms with Crippen LogP contribution in [0.5, 0.6) is 0 Å². The van der Waals surface area contributed by atoms with E-state index in [-0.39, 0.29) is 24.9 Å². The van der Waals surface area contributed by atoms with Crippen molar-refractivity contribution in [3.05, 3.63) is 0 Å². The largest absolute Gasteiger partial charge is 0.306 e. The minimum atomic E-state index is -0.486. The van der Waals surface area contributed by atoms with Crippen LogP contribution in [0.25, 0.3) is 0 Å². The lowest BCUT2D eigenvalue weighted by Crippen LogP contribution is -2.40. The first-order valence-electron chi connectivity index (χ1n) is 4.71. The van der Waals surface area contributed by atoms with Gasteiger partial charge in [-0.1, -0.05) is 20.8 Å². The van der Waals surface area contributed by atoms with Crippen LogP contribution in [-0.4, -0.2) is 41.1 Å². The third-order valence-electron chi connectivity index (χ3n) is 1.67. The minimum Gasteiger partial charge on any atom is -0.306 e. The van der Waals surface area contributed by atoms with E-state index in [1.54, 1.807) is 6.92 Å². The van der Waals surface area contributed by atoms with Gasteiger partial charge >= 0.3 is 0 Å². The molecule has 0 unspecified atom stereocenters. The molecule has 0 aromatic rings. The van der Waals surface area contributed by atoms with Gasteiger partial charge in [0.05, 0.1) is 6.54 Å². The van der Waals surface area contributed by atoms with Crippen LogP contribution in [-0.2, 0) is 9.59 Å². The second kappa shape index (κ2) is 6.50. The highest BCUT2D eigenvalue weighted by molar-refractivity contribution is 5.85. The Morgan fingerprint density at radius 2 is 2.00 bits per heavy atom. The molecule has 0 aromatic carbocycles. The van der Waals surface area contributed by atoms with Gasteiger partial charge in [-0.2, -0.15) is 0 Å². The van der Waals surface area contributed by atoms with Crippen LogP contribution in [0.2, 0.25) is 0 Å². The fraction of sp³-hybridized carbons (Fsp3) is 0.778. The summed E-state index contributed by atoms with van der Waals surface area (Å²) in [6, 6.07) is 0.175. The van der Waals surface area contributed by atoms with Crippen LogP contribution in [0.4, 0.5) is 0 Å². The Balaban J connectivity index is 3.82. The highest BCUT2D eigenvalue weighted by atomic mass is 16.5. The molecule has 0 aliphatic heterocycles. The Morgan fingerprint density at radius 3 is 2.43 bits per heavy atom. The average Bonchev–Trinajstić information content (AvgIpc) is 2.13. The minimum absolute atomic E-state index is 0.0468. The molecule has 0 heterocycles. The maximum atomic E-state index is 11.2. The number of nitrogens with zero attached hydrogens (tertiary/aromatic N) is 1. The Hall–Kier alpha value is -0.940. The van der Waals surface area contributed by atoms with Gasteiger partial charge in [-0.05, 0) is 0 Å². The molecule has 5 nitrogen and oxygen atoms in total. The summed E-state index contributed by atoms with van der Waals surface area (Å²) in [5.41, 5.74) is 0. The number of rotatable bonds is 6. The second-order valence-corrected chi connectivity index (χ2v) is 3.38. The van der Waals surface area contributed by atoms with E-state index >= 15 is 0 Å². The van der Waals surface area contributed by atoms with Crippen molar-refractivity contribution in [2.75, 3.05) is 13.1 Å². The third kappa shape index (κ3) is 5.66. The van der Waals surface area contributed by atoms with Crippen molar-refractivity contribution in [2.45, 2.75) is 33.2 Å². The Labute approximate surface area is 84.0 Å². The van der Waals surface area contributed by atoms with E-state index in [2.05, 4.69) is 5.32 Å². The zero-order chi connectivity index (χ0) is 11.1. The molecule has 0 atom stereocenters. The number of nitrogens with one attached hydrogen (secondary N) is 1. The fourth-order valence-electron chi connectivity index (χ4n) is 0.750. The average molecular weight is 202 g/mol. The second-order valence-electron chi connectivity index (χ2n) is 3.38. The van der Waals surface area contributed by atoms with Crippen molar-refractivity contribution in [3.63, 3.8) is 0 Å². The summed E-state index contributed by atoms with van der Waals surface area (Å²) in [5.74, 6) is -0.647. The molecule has 5 heteroatoms. The van der Waals surface area contributed by atoms with E-state index < -0.39 is 5.91 Å². The summed E-state index contributed by atoms with van der Waals surface area (Å²) in [6.45, 7) is 5.30. The topological polar surface area (TPSA) is 69.6 Å². The molecule has 0 spiro atoms. The lowest BCUT2D eigenvalue weighted by Gasteiger charge is -2.15. The van der Waals surface area contributed by atoms with E-state index in [0.717, 1.165) is 0 Å². The summed E-state index contributed by atoms with van der Waals surface area (Å²) >= 11 is 0. The fourth-order valence-corrected chi connectivity index (χ4v) is 0.750. The molecule has 0 saturated heterocycles. The lowest BCUT2D eigenvalue weighted by molar-refractivity contribution is -0.167. The summed E-state index contributed by atoms with van der Waals surface area (Å²) in [4.78, 5) is 22.1. The van der Waals surface area contributed by atoms with Crippen molar-refractivity contribution in [2.24, 2.45) is 0 Å². The zero-order valence-electron chi connectivity index (χ0n) is 8.91. The summed E-state index contributed by atoms with van der Waals surface area (Å²) < 4.78 is 0. The summed E-state index contributed by atoms with van der Waals surface area (Å²) in [5, 5.41) is 12.5. The van der Waals surface area contributed by atoms with Gasteiger partial charge in [-0.3, -0.25) is 14.8 Å². The molecule has 0 aliphatic rings. The van der Waals surface area contributed by atoms with Crippen molar-refractivity contribution < 1.29 is 14.8 Å². The number of hydrogen-bond acceptors (Lipinski definition) is 4. The Kier molecular flexibility index (Phi) is 6.07. The molecule has 14 heavy (non-hydrogen) atoms. The lowest BCUT2D eigenvalue weighted by atomic mass is 10.3. The van der Waals surface area contributed by atoms with Gasteiger partial charge < -0.3 is 5.32 Å². The van der Waals surface area contributed by atoms with Crippen LogP contribution in [0.3, 0.4) is 0 Å². The van der Waals surface area contributed by atoms with Crippen LogP contribution in [0.15, 0.2) is 0 Å². The van der Waals surface area contributed by atoms with E-state index in [4.69, 9.17) is 5.21 Å². The summed E-state index contributed by atoms with van der Waals surface area (Å²) in [7, 11) is 0. The van der Waals surface area contributed by atoms with E-state index in [0.29, 0.717) is 11.5 Å². The van der Waals surface area contributed by atoms with Crippen LogP contribution >= 0.6 is 0 Å². The smallest absolute Gasteiger partial charge is 0.260 e. The molecular weight excluding hydrogens is 184 g/mol. The first-order chi connectivity index (χ1) is 6.47. The van der Waals surface area contributed by atoms with E-state index in [1.807, 2.05) is 13.8 Å². The first kappa shape index (κ1) is 13.1. The predicted molar refractivity (Wildman–Crippen MR) is 51.9 cm³/mol. The molecule has 0 radical (unpaired) electrons. The van der Waals surface area contributed by atoms with Crippen molar-refractivity contribution in [3.8, 4) is 0 Å². The number of ketones is 1. The highest BCUT2D eigenvalue weighted by Crippen LogP contribution is 1.88. The van der Waals surface area contributed by atoms with E-state index in [9.17, 15) is 9.59 Å². The molecule has 0 saturated carbocycles. The molecule has 1 amide bonds. The standard InChI is InChI=1S/C9H18N2O3/c1-4-8(12)6-11(14)9(13)5-10-7(2)3/h7,10,14H,4-6H2,1-3H3. The van der Waals surface area contributed by atoms with Crippen LogP contribution in [0, 0.1) is 0 Å². The van der Waals surface area contributed by atoms with Gasteiger partial charge in [-0.25, -0.2) is 5.06 Å². The number of amides is 1. The summed E-state index contributed by atoms with van der Waals surface area (Å²) in [6.07, 6.45) is 0.321. The number of carbonyl (C=O) groups is 2. The molecule has 0 aliphatic carbocycles. The number of hydroxylamine groups is 2. The van der Waals surface area contributed by atoms with Crippen molar-refractivity contribution >= 4 is 11.7 Å². The van der Waals surface area contributed by atoms with Gasteiger partial charge in [0.15, 0.2) is 5.78 Å². The van der Waals surface area contributed by atoms with Gasteiger partial charge in [0.1, 0.15) is 6.54 Å². The van der Waals surface area contributed by atoms with Crippen molar-refractivity contribution in [1.82, 2.24) is 10.4 Å². The molecule has 2 N–H and O–H groups in total. The number of Topliss-reactive ketones (excluding diaryl/α,β-unsaturated/α-hetero) is 1. The number of hydrogen-bond donors (Lipinski definition) is 2. The quantitative estimate of drug-likeness (QED) is 0.476. The third-order valence-corrected chi connectivity index (χ3v) is 1.67. The van der Waals surface area contributed by atoms with Crippen LogP contribution in [0.1, 0.15) is 27.2 Å². The first-order valence-corrected chi connectivity index (χ1v) is 4.71. The normalized spacial score (nSPS) is 10.4. The molecule has 0 rings (SSSR count). The maximum Gasteiger partial charge on any atom is 0.260 e. The Bertz CT molecular complexity index is 204. The highest BCUT2D eigenvalue weighted by Gasteiger charge is 2.13. The number of carbonyl (C=O) groups excluding carboxylic acids is 2.